The first-order chi connectivity index (χ1) is 9.29. The Morgan fingerprint density at radius 2 is 1.90 bits per heavy atom. The number of aliphatic hydroxyl groups is 1. The van der Waals surface area contributed by atoms with Gasteiger partial charge in [-0.2, -0.15) is 13.2 Å². The number of benzene rings is 1. The quantitative estimate of drug-likeness (QED) is 0.886. The molecule has 1 atom stereocenters. The summed E-state index contributed by atoms with van der Waals surface area (Å²) < 4.78 is 37.9. The van der Waals surface area contributed by atoms with Gasteiger partial charge in [-0.1, -0.05) is 17.7 Å². The lowest BCUT2D eigenvalue weighted by Crippen LogP contribution is -2.39. The topological polar surface area (TPSA) is 23.5 Å². The fraction of sp³-hybridized carbons (Fsp3) is 0.571. The summed E-state index contributed by atoms with van der Waals surface area (Å²) in [6, 6.07) is 5.18. The first kappa shape index (κ1) is 15.4. The lowest BCUT2D eigenvalue weighted by Gasteiger charge is -2.35. The van der Waals surface area contributed by atoms with Gasteiger partial charge in [0.15, 0.2) is 0 Å². The van der Waals surface area contributed by atoms with E-state index >= 15 is 0 Å². The Morgan fingerprint density at radius 1 is 1.30 bits per heavy atom. The summed E-state index contributed by atoms with van der Waals surface area (Å²) in [5, 5.41) is 9.94. The maximum absolute atomic E-state index is 12.6. The summed E-state index contributed by atoms with van der Waals surface area (Å²) >= 11 is 6.16. The van der Waals surface area contributed by atoms with Gasteiger partial charge < -0.3 is 10.0 Å². The molecular formula is C14H17ClF3NO. The van der Waals surface area contributed by atoms with Crippen LogP contribution < -0.4 is 4.90 Å². The molecule has 112 valence electrons. The average Bonchev–Trinajstić information content (AvgIpc) is 2.37. The van der Waals surface area contributed by atoms with Gasteiger partial charge in [0, 0.05) is 13.1 Å². The molecule has 0 radical (unpaired) electrons. The summed E-state index contributed by atoms with van der Waals surface area (Å²) in [6.07, 6.45) is -4.53. The average molecular weight is 308 g/mol. The van der Waals surface area contributed by atoms with Crippen LogP contribution in [0.1, 0.15) is 31.4 Å². The SMILES string of the molecule is CC(O)c1ccc(N2CCC(C(F)(F)F)CC2)c(Cl)c1. The molecule has 1 unspecified atom stereocenters. The molecule has 1 aliphatic heterocycles. The van der Waals surface area contributed by atoms with Crippen LogP contribution in [0.2, 0.25) is 5.02 Å². The molecule has 0 aromatic heterocycles. The van der Waals surface area contributed by atoms with Gasteiger partial charge in [-0.25, -0.2) is 0 Å². The number of alkyl halides is 3. The van der Waals surface area contributed by atoms with E-state index in [4.69, 9.17) is 11.6 Å². The van der Waals surface area contributed by atoms with Crippen LogP contribution in [0.25, 0.3) is 0 Å². The monoisotopic (exact) mass is 307 g/mol. The molecule has 0 bridgehead atoms. The van der Waals surface area contributed by atoms with Crippen LogP contribution in [0.5, 0.6) is 0 Å². The van der Waals surface area contributed by atoms with E-state index in [1.807, 2.05) is 4.90 Å². The first-order valence-electron chi connectivity index (χ1n) is 6.58. The molecule has 2 nitrogen and oxygen atoms in total. The van der Waals surface area contributed by atoms with Crippen molar-refractivity contribution in [1.29, 1.82) is 0 Å². The molecule has 1 saturated heterocycles. The van der Waals surface area contributed by atoms with E-state index < -0.39 is 18.2 Å². The second-order valence-corrected chi connectivity index (χ2v) is 5.60. The Labute approximate surface area is 121 Å². The van der Waals surface area contributed by atoms with Gasteiger partial charge in [0.1, 0.15) is 0 Å². The van der Waals surface area contributed by atoms with Gasteiger partial charge in [0.05, 0.1) is 22.7 Å². The fourth-order valence-electron chi connectivity index (χ4n) is 2.49. The van der Waals surface area contributed by atoms with E-state index in [1.54, 1.807) is 25.1 Å². The third kappa shape index (κ3) is 3.38. The van der Waals surface area contributed by atoms with Crippen LogP contribution in [-0.2, 0) is 0 Å². The van der Waals surface area contributed by atoms with Crippen LogP contribution >= 0.6 is 11.6 Å². The first-order valence-corrected chi connectivity index (χ1v) is 6.96. The molecule has 0 saturated carbocycles. The van der Waals surface area contributed by atoms with E-state index in [1.165, 1.54) is 0 Å². The van der Waals surface area contributed by atoms with E-state index in [-0.39, 0.29) is 12.8 Å². The summed E-state index contributed by atoms with van der Waals surface area (Å²) in [6.45, 7) is 2.33. The van der Waals surface area contributed by atoms with Gasteiger partial charge in [-0.05, 0) is 37.5 Å². The van der Waals surface area contributed by atoms with Crippen molar-refractivity contribution >= 4 is 17.3 Å². The predicted molar refractivity (Wildman–Crippen MR) is 73.1 cm³/mol. The van der Waals surface area contributed by atoms with E-state index in [0.29, 0.717) is 23.7 Å². The Balaban J connectivity index is 2.07. The molecule has 1 aromatic carbocycles. The summed E-state index contributed by atoms with van der Waals surface area (Å²) in [5.74, 6) is -1.21. The fourth-order valence-corrected chi connectivity index (χ4v) is 2.80. The second-order valence-electron chi connectivity index (χ2n) is 5.19. The number of halogens is 4. The maximum atomic E-state index is 12.6. The molecule has 0 spiro atoms. The van der Waals surface area contributed by atoms with Crippen LogP contribution in [-0.4, -0.2) is 24.4 Å². The molecule has 6 heteroatoms. The van der Waals surface area contributed by atoms with Gasteiger partial charge >= 0.3 is 6.18 Å². The number of piperidine rings is 1. The van der Waals surface area contributed by atoms with Crippen LogP contribution in [0.15, 0.2) is 18.2 Å². The molecule has 1 aliphatic rings. The van der Waals surface area contributed by atoms with E-state index in [0.717, 1.165) is 5.69 Å². The van der Waals surface area contributed by atoms with Gasteiger partial charge in [-0.3, -0.25) is 0 Å². The zero-order valence-electron chi connectivity index (χ0n) is 11.1. The number of nitrogens with zero attached hydrogens (tertiary/aromatic N) is 1. The van der Waals surface area contributed by atoms with Gasteiger partial charge in [0.2, 0.25) is 0 Å². The number of aliphatic hydroxyl groups excluding tert-OH is 1. The maximum Gasteiger partial charge on any atom is 0.391 e. The Kier molecular flexibility index (Phi) is 4.49. The number of rotatable bonds is 2. The van der Waals surface area contributed by atoms with Gasteiger partial charge in [0.25, 0.3) is 0 Å². The Morgan fingerprint density at radius 3 is 2.35 bits per heavy atom. The van der Waals surface area contributed by atoms with Crippen molar-refractivity contribution in [2.24, 2.45) is 5.92 Å². The summed E-state index contributed by atoms with van der Waals surface area (Å²) in [4.78, 5) is 1.87. The van der Waals surface area contributed by atoms with Crippen molar-refractivity contribution in [1.82, 2.24) is 0 Å². The van der Waals surface area contributed by atoms with Crippen molar-refractivity contribution < 1.29 is 18.3 Å². The van der Waals surface area contributed by atoms with Crippen molar-refractivity contribution in [2.75, 3.05) is 18.0 Å². The zero-order valence-corrected chi connectivity index (χ0v) is 11.9. The van der Waals surface area contributed by atoms with Crippen molar-refractivity contribution in [3.05, 3.63) is 28.8 Å². The molecule has 1 fully saturated rings. The molecular weight excluding hydrogens is 291 g/mol. The van der Waals surface area contributed by atoms with E-state index in [9.17, 15) is 18.3 Å². The Hall–Kier alpha value is -0.940. The van der Waals surface area contributed by atoms with Crippen molar-refractivity contribution in [3.8, 4) is 0 Å². The molecule has 20 heavy (non-hydrogen) atoms. The standard InChI is InChI=1S/C14H17ClF3NO/c1-9(20)10-2-3-13(12(15)8-10)19-6-4-11(5-7-19)14(16,17)18/h2-3,8-9,11,20H,4-7H2,1H3. The number of hydrogen-bond acceptors (Lipinski definition) is 2. The van der Waals surface area contributed by atoms with Crippen LogP contribution in [0, 0.1) is 5.92 Å². The normalized spacial score (nSPS) is 19.2. The van der Waals surface area contributed by atoms with Crippen molar-refractivity contribution in [2.45, 2.75) is 32.0 Å². The molecule has 1 N–H and O–H groups in total. The second kappa shape index (κ2) is 5.82. The van der Waals surface area contributed by atoms with Crippen LogP contribution in [0.3, 0.4) is 0 Å². The molecule has 0 aliphatic carbocycles. The lowest BCUT2D eigenvalue weighted by molar-refractivity contribution is -0.179. The smallest absolute Gasteiger partial charge is 0.389 e. The van der Waals surface area contributed by atoms with Crippen LogP contribution in [0.4, 0.5) is 18.9 Å². The van der Waals surface area contributed by atoms with Crippen molar-refractivity contribution in [3.63, 3.8) is 0 Å². The third-order valence-corrected chi connectivity index (χ3v) is 4.06. The minimum Gasteiger partial charge on any atom is -0.389 e. The number of anilines is 1. The minimum atomic E-state index is -4.11. The van der Waals surface area contributed by atoms with E-state index in [2.05, 4.69) is 0 Å². The largest absolute Gasteiger partial charge is 0.391 e. The zero-order chi connectivity index (χ0) is 14.9. The highest BCUT2D eigenvalue weighted by Gasteiger charge is 2.41. The highest BCUT2D eigenvalue weighted by Crippen LogP contribution is 2.37. The summed E-state index contributed by atoms with van der Waals surface area (Å²) in [7, 11) is 0. The molecule has 2 rings (SSSR count). The Bertz CT molecular complexity index is 468. The molecule has 1 heterocycles. The summed E-state index contributed by atoms with van der Waals surface area (Å²) in [5.41, 5.74) is 1.43. The molecule has 1 aromatic rings. The highest BCUT2D eigenvalue weighted by molar-refractivity contribution is 6.33. The lowest BCUT2D eigenvalue weighted by atomic mass is 9.96. The third-order valence-electron chi connectivity index (χ3n) is 3.75. The number of hydrogen-bond donors (Lipinski definition) is 1. The van der Waals surface area contributed by atoms with Gasteiger partial charge in [-0.15, -0.1) is 0 Å². The predicted octanol–water partition coefficient (Wildman–Crippen LogP) is 4.17. The molecule has 0 amide bonds. The highest BCUT2D eigenvalue weighted by atomic mass is 35.5. The minimum absolute atomic E-state index is 0.0952.